The molecule has 1 aliphatic rings. The Hall–Kier alpha value is -3.16. The normalized spacial score (nSPS) is 16.2. The number of hydrogen-bond donors (Lipinski definition) is 1. The summed E-state index contributed by atoms with van der Waals surface area (Å²) in [5.74, 6) is -1.08. The molecule has 0 aliphatic carbocycles. The molecule has 1 heterocycles. The highest BCUT2D eigenvalue weighted by Gasteiger charge is 2.35. The average Bonchev–Trinajstić information content (AvgIpc) is 3.09. The maximum atomic E-state index is 12.7. The summed E-state index contributed by atoms with van der Waals surface area (Å²) in [5, 5.41) is 2.67. The molecule has 154 valence electrons. The van der Waals surface area contributed by atoms with E-state index in [2.05, 4.69) is 10.1 Å². The minimum Gasteiger partial charge on any atom is -0.493 e. The van der Waals surface area contributed by atoms with E-state index >= 15 is 0 Å². The van der Waals surface area contributed by atoms with Crippen LogP contribution < -0.4 is 19.7 Å². The van der Waals surface area contributed by atoms with Gasteiger partial charge in [0.05, 0.1) is 13.0 Å². The number of carbonyl (C=O) groups is 2. The van der Waals surface area contributed by atoms with Gasteiger partial charge in [-0.3, -0.25) is 9.59 Å². The Kier molecular flexibility index (Phi) is 6.31. The number of halogens is 2. The smallest absolute Gasteiger partial charge is 0.387 e. The molecule has 0 bridgehead atoms. The second-order valence-electron chi connectivity index (χ2n) is 6.62. The summed E-state index contributed by atoms with van der Waals surface area (Å²) in [5.41, 5.74) is 2.13. The molecule has 0 unspecified atom stereocenters. The van der Waals surface area contributed by atoms with Gasteiger partial charge in [0.25, 0.3) is 0 Å². The molecule has 0 aromatic heterocycles. The summed E-state index contributed by atoms with van der Waals surface area (Å²) in [6, 6.07) is 11.8. The zero-order chi connectivity index (χ0) is 21.0. The number of amides is 2. The third-order valence-corrected chi connectivity index (χ3v) is 4.81. The Morgan fingerprint density at radius 2 is 2.00 bits per heavy atom. The number of alkyl halides is 2. The van der Waals surface area contributed by atoms with Crippen molar-refractivity contribution in [2.75, 3.05) is 23.9 Å². The molecule has 1 N–H and O–H groups in total. The van der Waals surface area contributed by atoms with Gasteiger partial charge in [-0.05, 0) is 30.2 Å². The van der Waals surface area contributed by atoms with Crippen molar-refractivity contribution in [3.05, 3.63) is 48.0 Å². The van der Waals surface area contributed by atoms with E-state index in [0.29, 0.717) is 0 Å². The van der Waals surface area contributed by atoms with Gasteiger partial charge in [-0.2, -0.15) is 8.78 Å². The predicted octanol–water partition coefficient (Wildman–Crippen LogP) is 3.85. The van der Waals surface area contributed by atoms with E-state index in [1.165, 1.54) is 25.3 Å². The molecule has 1 saturated heterocycles. The molecule has 29 heavy (non-hydrogen) atoms. The lowest BCUT2D eigenvalue weighted by molar-refractivity contribution is -0.122. The van der Waals surface area contributed by atoms with Crippen molar-refractivity contribution < 1.29 is 27.8 Å². The molecule has 8 heteroatoms. The second-order valence-corrected chi connectivity index (χ2v) is 6.62. The topological polar surface area (TPSA) is 67.9 Å². The fraction of sp³-hybridized carbons (Fsp3) is 0.333. The fourth-order valence-electron chi connectivity index (χ4n) is 3.38. The molecule has 0 spiro atoms. The van der Waals surface area contributed by atoms with Gasteiger partial charge in [0.1, 0.15) is 0 Å². The van der Waals surface area contributed by atoms with Crippen molar-refractivity contribution in [1.29, 1.82) is 0 Å². The lowest BCUT2D eigenvalue weighted by Gasteiger charge is -2.20. The van der Waals surface area contributed by atoms with Crippen LogP contribution in [0.2, 0.25) is 0 Å². The molecule has 1 fully saturated rings. The van der Waals surface area contributed by atoms with Gasteiger partial charge in [0.2, 0.25) is 11.8 Å². The van der Waals surface area contributed by atoms with Crippen molar-refractivity contribution in [1.82, 2.24) is 0 Å². The number of hydrogen-bond acceptors (Lipinski definition) is 4. The molecular formula is C21H22F2N2O4. The summed E-state index contributed by atoms with van der Waals surface area (Å²) in [7, 11) is 1.33. The number of nitrogens with one attached hydrogen (secondary N) is 1. The van der Waals surface area contributed by atoms with Crippen molar-refractivity contribution in [2.45, 2.75) is 26.4 Å². The van der Waals surface area contributed by atoms with Gasteiger partial charge in [-0.1, -0.05) is 25.1 Å². The molecule has 6 nitrogen and oxygen atoms in total. The zero-order valence-electron chi connectivity index (χ0n) is 16.2. The van der Waals surface area contributed by atoms with Crippen LogP contribution in [-0.4, -0.2) is 32.1 Å². The van der Waals surface area contributed by atoms with Gasteiger partial charge in [-0.15, -0.1) is 0 Å². The molecule has 1 aliphatic heterocycles. The van der Waals surface area contributed by atoms with Crippen molar-refractivity contribution >= 4 is 23.2 Å². The maximum Gasteiger partial charge on any atom is 0.387 e. The standard InChI is InChI=1S/C21H22F2N2O4/c1-3-13-6-4-5-7-16(13)25-12-14(10-19(25)26)20(27)24-15-8-9-17(28-2)18(11-15)29-21(22)23/h4-9,11,14,21H,3,10,12H2,1-2H3,(H,24,27)/t14-/m0/s1. The van der Waals surface area contributed by atoms with E-state index in [-0.39, 0.29) is 42.0 Å². The number of para-hydroxylation sites is 1. The van der Waals surface area contributed by atoms with Crippen LogP contribution in [0.5, 0.6) is 11.5 Å². The first kappa shape index (κ1) is 20.6. The van der Waals surface area contributed by atoms with Crippen LogP contribution in [0.25, 0.3) is 0 Å². The first-order chi connectivity index (χ1) is 13.9. The third-order valence-electron chi connectivity index (χ3n) is 4.81. The predicted molar refractivity (Wildman–Crippen MR) is 105 cm³/mol. The average molecular weight is 404 g/mol. The Labute approximate surface area is 167 Å². The number of benzene rings is 2. The number of methoxy groups -OCH3 is 1. The monoisotopic (exact) mass is 404 g/mol. The number of aryl methyl sites for hydroxylation is 1. The van der Waals surface area contributed by atoms with E-state index in [4.69, 9.17) is 4.74 Å². The Balaban J connectivity index is 1.73. The van der Waals surface area contributed by atoms with Gasteiger partial charge in [0, 0.05) is 30.4 Å². The summed E-state index contributed by atoms with van der Waals surface area (Å²) in [6.45, 7) is -0.751. The molecule has 1 atom stereocenters. The highest BCUT2D eigenvalue weighted by Crippen LogP contribution is 2.33. The number of anilines is 2. The van der Waals surface area contributed by atoms with Gasteiger partial charge in [-0.25, -0.2) is 0 Å². The Morgan fingerprint density at radius 3 is 2.69 bits per heavy atom. The van der Waals surface area contributed by atoms with Crippen molar-refractivity contribution in [3.63, 3.8) is 0 Å². The first-order valence-corrected chi connectivity index (χ1v) is 9.25. The van der Waals surface area contributed by atoms with Crippen LogP contribution in [0.1, 0.15) is 18.9 Å². The van der Waals surface area contributed by atoms with Gasteiger partial charge in [0.15, 0.2) is 11.5 Å². The van der Waals surface area contributed by atoms with Crippen LogP contribution >= 0.6 is 0 Å². The largest absolute Gasteiger partial charge is 0.493 e. The minimum atomic E-state index is -3.02. The van der Waals surface area contributed by atoms with E-state index in [0.717, 1.165) is 17.7 Å². The zero-order valence-corrected chi connectivity index (χ0v) is 16.2. The number of ether oxygens (including phenoxy) is 2. The molecule has 3 rings (SSSR count). The minimum absolute atomic E-state index is 0.0838. The highest BCUT2D eigenvalue weighted by atomic mass is 19.3. The highest BCUT2D eigenvalue weighted by molar-refractivity contribution is 6.04. The fourth-order valence-corrected chi connectivity index (χ4v) is 3.38. The van der Waals surface area contributed by atoms with Gasteiger partial charge < -0.3 is 19.7 Å². The van der Waals surface area contributed by atoms with Gasteiger partial charge >= 0.3 is 6.61 Å². The van der Waals surface area contributed by atoms with E-state index in [1.807, 2.05) is 31.2 Å². The van der Waals surface area contributed by atoms with Crippen LogP contribution in [0.4, 0.5) is 20.2 Å². The summed E-state index contributed by atoms with van der Waals surface area (Å²) < 4.78 is 34.6. The van der Waals surface area contributed by atoms with Crippen molar-refractivity contribution in [3.8, 4) is 11.5 Å². The maximum absolute atomic E-state index is 12.7. The number of rotatable bonds is 7. The van der Waals surface area contributed by atoms with Crippen LogP contribution in [0.3, 0.4) is 0 Å². The van der Waals surface area contributed by atoms with Crippen molar-refractivity contribution in [2.24, 2.45) is 5.92 Å². The third kappa shape index (κ3) is 4.64. The lowest BCUT2D eigenvalue weighted by atomic mass is 10.1. The van der Waals surface area contributed by atoms with Crippen LogP contribution in [-0.2, 0) is 16.0 Å². The summed E-state index contributed by atoms with van der Waals surface area (Å²) in [6.07, 6.45) is 0.857. The second kappa shape index (κ2) is 8.89. The lowest BCUT2D eigenvalue weighted by Crippen LogP contribution is -2.28. The molecule has 2 amide bonds. The molecular weight excluding hydrogens is 382 g/mol. The molecule has 0 radical (unpaired) electrons. The van der Waals surface area contributed by atoms with E-state index < -0.39 is 12.5 Å². The summed E-state index contributed by atoms with van der Waals surface area (Å²) in [4.78, 5) is 26.8. The van der Waals surface area contributed by atoms with E-state index in [1.54, 1.807) is 4.90 Å². The van der Waals surface area contributed by atoms with Crippen LogP contribution in [0.15, 0.2) is 42.5 Å². The Morgan fingerprint density at radius 1 is 1.24 bits per heavy atom. The number of carbonyl (C=O) groups excluding carboxylic acids is 2. The molecule has 2 aromatic carbocycles. The van der Waals surface area contributed by atoms with Crippen LogP contribution in [0, 0.1) is 5.92 Å². The first-order valence-electron chi connectivity index (χ1n) is 9.25. The quantitative estimate of drug-likeness (QED) is 0.761. The Bertz CT molecular complexity index is 904. The molecule has 0 saturated carbocycles. The number of nitrogens with zero attached hydrogens (tertiary/aromatic N) is 1. The van der Waals surface area contributed by atoms with E-state index in [9.17, 15) is 18.4 Å². The molecule has 2 aromatic rings. The summed E-state index contributed by atoms with van der Waals surface area (Å²) >= 11 is 0. The SMILES string of the molecule is CCc1ccccc1N1C[C@@H](C(=O)Nc2ccc(OC)c(OC(F)F)c2)CC1=O.